The van der Waals surface area contributed by atoms with Crippen molar-refractivity contribution in [3.8, 4) is 0 Å². The van der Waals surface area contributed by atoms with Gasteiger partial charge in [-0.25, -0.2) is 0 Å². The number of carbonyl (C=O) groups is 1. The summed E-state index contributed by atoms with van der Waals surface area (Å²) in [5, 5.41) is 3.28. The first-order valence-electron chi connectivity index (χ1n) is 3.88. The summed E-state index contributed by atoms with van der Waals surface area (Å²) in [5.74, 6) is 4.79. The van der Waals surface area contributed by atoms with Crippen molar-refractivity contribution in [2.45, 2.75) is 6.42 Å². The number of hydrogen-bond acceptors (Lipinski definition) is 4. The first kappa shape index (κ1) is 11.6. The van der Waals surface area contributed by atoms with Crippen LogP contribution < -0.4 is 5.84 Å². The van der Waals surface area contributed by atoms with Gasteiger partial charge in [-0.2, -0.15) is 5.10 Å². The number of allylic oxidation sites excluding steroid dienone is 1. The van der Waals surface area contributed by atoms with Gasteiger partial charge in [0.25, 0.3) is 0 Å². The molecule has 2 N–H and O–H groups in total. The lowest BCUT2D eigenvalue weighted by molar-refractivity contribution is -0.113. The number of hydrogen-bond donors (Lipinski definition) is 1. The van der Waals surface area contributed by atoms with Gasteiger partial charge in [-0.15, -0.1) is 6.58 Å². The van der Waals surface area contributed by atoms with Crippen molar-refractivity contribution < 1.29 is 9.53 Å². The highest BCUT2D eigenvalue weighted by Crippen LogP contribution is 1.90. The molecule has 0 aromatic carbocycles. The zero-order chi connectivity index (χ0) is 10.1. The highest BCUT2D eigenvalue weighted by Gasteiger charge is 2.06. The van der Waals surface area contributed by atoms with Crippen LogP contribution in [0.3, 0.4) is 0 Å². The molecule has 0 saturated heterocycles. The van der Waals surface area contributed by atoms with Crippen LogP contribution >= 0.6 is 0 Å². The van der Waals surface area contributed by atoms with Gasteiger partial charge in [0.15, 0.2) is 5.78 Å². The van der Waals surface area contributed by atoms with Crippen molar-refractivity contribution in [2.75, 3.05) is 13.2 Å². The number of Topliss-reactive ketones (excluding diaryl/α,β-unsaturated/α-hetero) is 1. The zero-order valence-corrected chi connectivity index (χ0v) is 7.53. The number of carbonyl (C=O) groups excluding carboxylic acids is 1. The van der Waals surface area contributed by atoms with E-state index in [-0.39, 0.29) is 17.9 Å². The number of nitrogens with two attached hydrogens (primary N) is 1. The van der Waals surface area contributed by atoms with Crippen molar-refractivity contribution in [1.29, 1.82) is 0 Å². The summed E-state index contributed by atoms with van der Waals surface area (Å²) in [4.78, 5) is 11.2. The van der Waals surface area contributed by atoms with Gasteiger partial charge in [0.2, 0.25) is 0 Å². The fourth-order valence-corrected chi connectivity index (χ4v) is 0.698. The van der Waals surface area contributed by atoms with Gasteiger partial charge < -0.3 is 10.6 Å². The Kier molecular flexibility index (Phi) is 6.45. The molecule has 0 amide bonds. The van der Waals surface area contributed by atoms with Crippen molar-refractivity contribution >= 4 is 11.5 Å². The molecule has 0 bridgehead atoms. The summed E-state index contributed by atoms with van der Waals surface area (Å²) in [6.45, 7) is 7.67. The summed E-state index contributed by atoms with van der Waals surface area (Å²) in [5.41, 5.74) is 0.183. The molecule has 4 heteroatoms. The van der Waals surface area contributed by atoms with Gasteiger partial charge >= 0.3 is 0 Å². The van der Waals surface area contributed by atoms with Gasteiger partial charge in [0.1, 0.15) is 5.71 Å². The summed E-state index contributed by atoms with van der Waals surface area (Å²) in [7, 11) is 0. The lowest BCUT2D eigenvalue weighted by atomic mass is 10.2. The third kappa shape index (κ3) is 4.92. The SMILES string of the molecule is C=CCOCCC(=O)/C(C=C)=N/N. The Hall–Kier alpha value is -1.42. The maximum atomic E-state index is 11.2. The molecule has 0 aromatic heterocycles. The lowest BCUT2D eigenvalue weighted by Gasteiger charge is -1.99. The number of nitrogens with zero attached hydrogens (tertiary/aromatic N) is 1. The molecule has 0 saturated carbocycles. The van der Waals surface area contributed by atoms with Crippen LogP contribution in [0.25, 0.3) is 0 Å². The minimum atomic E-state index is -0.165. The van der Waals surface area contributed by atoms with E-state index in [0.717, 1.165) is 0 Å². The normalized spacial score (nSPS) is 10.9. The average molecular weight is 182 g/mol. The monoisotopic (exact) mass is 182 g/mol. The Morgan fingerprint density at radius 2 is 2.23 bits per heavy atom. The predicted octanol–water partition coefficient (Wildman–Crippen LogP) is 0.649. The Labute approximate surface area is 77.8 Å². The minimum Gasteiger partial charge on any atom is -0.377 e. The molecule has 0 radical (unpaired) electrons. The third-order valence-electron chi connectivity index (χ3n) is 1.33. The van der Waals surface area contributed by atoms with E-state index in [1.165, 1.54) is 6.08 Å². The van der Waals surface area contributed by atoms with Gasteiger partial charge in [-0.3, -0.25) is 4.79 Å². The van der Waals surface area contributed by atoms with E-state index in [9.17, 15) is 4.79 Å². The van der Waals surface area contributed by atoms with Crippen LogP contribution in [0.4, 0.5) is 0 Å². The number of ketones is 1. The Morgan fingerprint density at radius 3 is 2.69 bits per heavy atom. The number of rotatable bonds is 7. The van der Waals surface area contributed by atoms with E-state index in [1.807, 2.05) is 0 Å². The first-order chi connectivity index (χ1) is 6.26. The van der Waals surface area contributed by atoms with Gasteiger partial charge in [0, 0.05) is 6.42 Å². The molecule has 0 aliphatic rings. The molecule has 72 valence electrons. The third-order valence-corrected chi connectivity index (χ3v) is 1.33. The minimum absolute atomic E-state index is 0.165. The summed E-state index contributed by atoms with van der Waals surface area (Å²) >= 11 is 0. The lowest BCUT2D eigenvalue weighted by Crippen LogP contribution is -2.15. The smallest absolute Gasteiger partial charge is 0.185 e. The second kappa shape index (κ2) is 7.24. The molecule has 13 heavy (non-hydrogen) atoms. The van der Waals surface area contributed by atoms with Crippen molar-refractivity contribution in [3.63, 3.8) is 0 Å². The van der Waals surface area contributed by atoms with Crippen LogP contribution in [-0.4, -0.2) is 24.7 Å². The largest absolute Gasteiger partial charge is 0.377 e. The van der Waals surface area contributed by atoms with Crippen LogP contribution in [0.1, 0.15) is 6.42 Å². The van der Waals surface area contributed by atoms with Gasteiger partial charge in [0.05, 0.1) is 13.2 Å². The fraction of sp³-hybridized carbons (Fsp3) is 0.333. The van der Waals surface area contributed by atoms with E-state index in [1.54, 1.807) is 6.08 Å². The quantitative estimate of drug-likeness (QED) is 0.207. The molecule has 0 spiro atoms. The van der Waals surface area contributed by atoms with Crippen LogP contribution in [0.5, 0.6) is 0 Å². The van der Waals surface area contributed by atoms with Gasteiger partial charge in [-0.05, 0) is 6.08 Å². The van der Waals surface area contributed by atoms with E-state index in [2.05, 4.69) is 18.3 Å². The van der Waals surface area contributed by atoms with Crippen LogP contribution in [0, 0.1) is 0 Å². The molecule has 0 unspecified atom stereocenters. The van der Waals surface area contributed by atoms with E-state index in [4.69, 9.17) is 10.6 Å². The van der Waals surface area contributed by atoms with E-state index < -0.39 is 0 Å². The molecular weight excluding hydrogens is 168 g/mol. The molecule has 0 aliphatic carbocycles. The van der Waals surface area contributed by atoms with Crippen molar-refractivity contribution in [1.82, 2.24) is 0 Å². The average Bonchev–Trinajstić information content (AvgIpc) is 2.14. The molecule has 0 aromatic rings. The highest BCUT2D eigenvalue weighted by molar-refractivity contribution is 6.44. The highest BCUT2D eigenvalue weighted by atomic mass is 16.5. The summed E-state index contributed by atoms with van der Waals surface area (Å²) in [6, 6.07) is 0. The molecule has 0 atom stereocenters. The summed E-state index contributed by atoms with van der Waals surface area (Å²) in [6.07, 6.45) is 3.21. The second-order valence-corrected chi connectivity index (χ2v) is 2.26. The Morgan fingerprint density at radius 1 is 1.54 bits per heavy atom. The molecule has 0 rings (SSSR count). The van der Waals surface area contributed by atoms with Gasteiger partial charge in [-0.1, -0.05) is 12.7 Å². The van der Waals surface area contributed by atoms with Crippen LogP contribution in [-0.2, 0) is 9.53 Å². The first-order valence-corrected chi connectivity index (χ1v) is 3.88. The fourth-order valence-electron chi connectivity index (χ4n) is 0.698. The maximum Gasteiger partial charge on any atom is 0.185 e. The zero-order valence-electron chi connectivity index (χ0n) is 7.53. The van der Waals surface area contributed by atoms with E-state index in [0.29, 0.717) is 13.2 Å². The number of hydrazone groups is 1. The molecule has 4 nitrogen and oxygen atoms in total. The molecular formula is C9H14N2O2. The van der Waals surface area contributed by atoms with Crippen molar-refractivity contribution in [3.05, 3.63) is 25.3 Å². The Bertz CT molecular complexity index is 222. The molecule has 0 heterocycles. The van der Waals surface area contributed by atoms with E-state index >= 15 is 0 Å². The van der Waals surface area contributed by atoms with Crippen molar-refractivity contribution in [2.24, 2.45) is 10.9 Å². The number of ether oxygens (including phenoxy) is 1. The van der Waals surface area contributed by atoms with Crippen LogP contribution in [0.2, 0.25) is 0 Å². The van der Waals surface area contributed by atoms with Crippen LogP contribution in [0.15, 0.2) is 30.4 Å². The second-order valence-electron chi connectivity index (χ2n) is 2.26. The molecule has 0 aliphatic heterocycles. The predicted molar refractivity (Wildman–Crippen MR) is 52.5 cm³/mol. The molecule has 0 fully saturated rings. The topological polar surface area (TPSA) is 64.7 Å². The Balaban J connectivity index is 3.73. The maximum absolute atomic E-state index is 11.2. The standard InChI is InChI=1S/C9H14N2O2/c1-3-6-13-7-5-9(12)8(4-2)11-10/h3-4H,1-2,5-7,10H2/b11-8+. The summed E-state index contributed by atoms with van der Waals surface area (Å²) < 4.78 is 5.02.